The van der Waals surface area contributed by atoms with Gasteiger partial charge in [0.2, 0.25) is 0 Å². The third-order valence-electron chi connectivity index (χ3n) is 4.87. The van der Waals surface area contributed by atoms with Gasteiger partial charge in [-0.15, -0.1) is 0 Å². The van der Waals surface area contributed by atoms with E-state index in [1.54, 1.807) is 0 Å². The van der Waals surface area contributed by atoms with Crippen molar-refractivity contribution in [1.29, 1.82) is 5.26 Å². The summed E-state index contributed by atoms with van der Waals surface area (Å²) in [5.41, 5.74) is -0.223. The molecule has 3 aliphatic heterocycles. The number of hydrogen-bond donors (Lipinski definition) is 0. The normalized spacial score (nSPS) is 43.7. The monoisotopic (exact) mass is 421 g/mol. The molecule has 3 saturated heterocycles. The first-order valence-corrected chi connectivity index (χ1v) is 9.58. The second kappa shape index (κ2) is 6.52. The van der Waals surface area contributed by atoms with Crippen LogP contribution >= 0.6 is 22.6 Å². The highest BCUT2D eigenvalue weighted by atomic mass is 127. The van der Waals surface area contributed by atoms with Crippen molar-refractivity contribution in [3.05, 3.63) is 0 Å². The highest BCUT2D eigenvalue weighted by Crippen LogP contribution is 2.45. The van der Waals surface area contributed by atoms with Gasteiger partial charge in [-0.2, -0.15) is 5.26 Å². The molecule has 0 aromatic heterocycles. The Morgan fingerprint density at radius 1 is 1.23 bits per heavy atom. The molecule has 3 heterocycles. The number of halogens is 1. The second-order valence-corrected chi connectivity index (χ2v) is 7.71. The Bertz CT molecular complexity index is 452. The molecule has 124 valence electrons. The van der Waals surface area contributed by atoms with Crippen molar-refractivity contribution in [2.24, 2.45) is 0 Å². The summed E-state index contributed by atoms with van der Waals surface area (Å²) in [6, 6.07) is 2.22. The minimum atomic E-state index is -0.518. The van der Waals surface area contributed by atoms with E-state index in [0.717, 1.165) is 30.1 Å². The van der Waals surface area contributed by atoms with E-state index in [0.29, 0.717) is 13.0 Å². The Hall–Kier alpha value is 0.0600. The number of fused-ring (bicyclic) bond motifs is 1. The molecule has 0 spiro atoms. The molecule has 0 aromatic carbocycles. The first-order valence-electron chi connectivity index (χ1n) is 8.06. The van der Waals surface area contributed by atoms with Gasteiger partial charge < -0.3 is 18.9 Å². The maximum Gasteiger partial charge on any atom is 0.163 e. The summed E-state index contributed by atoms with van der Waals surface area (Å²) in [6.45, 7) is 4.47. The van der Waals surface area contributed by atoms with Crippen LogP contribution in [0.4, 0.5) is 0 Å². The Labute approximate surface area is 145 Å². The van der Waals surface area contributed by atoms with Gasteiger partial charge in [-0.1, -0.05) is 22.6 Å². The van der Waals surface area contributed by atoms with Gasteiger partial charge in [0.05, 0.1) is 31.0 Å². The maximum atomic E-state index is 8.78. The van der Waals surface area contributed by atoms with Crippen LogP contribution in [-0.4, -0.2) is 46.8 Å². The number of alkyl halides is 1. The predicted octanol–water partition coefficient (Wildman–Crippen LogP) is 2.95. The van der Waals surface area contributed by atoms with Crippen molar-refractivity contribution in [2.75, 3.05) is 11.0 Å². The molecule has 22 heavy (non-hydrogen) atoms. The van der Waals surface area contributed by atoms with Gasteiger partial charge in [0.25, 0.3) is 0 Å². The number of nitriles is 1. The van der Waals surface area contributed by atoms with Crippen molar-refractivity contribution >= 4 is 22.6 Å². The molecule has 3 rings (SSSR count). The summed E-state index contributed by atoms with van der Waals surface area (Å²) in [7, 11) is 0. The largest absolute Gasteiger partial charge is 0.369 e. The van der Waals surface area contributed by atoms with Gasteiger partial charge in [0.15, 0.2) is 5.79 Å². The van der Waals surface area contributed by atoms with E-state index in [1.165, 1.54) is 0 Å². The first-order chi connectivity index (χ1) is 10.5. The zero-order valence-corrected chi connectivity index (χ0v) is 15.4. The molecule has 6 heteroatoms. The molecular formula is C16H24INO4. The molecule has 0 aromatic rings. The minimum Gasteiger partial charge on any atom is -0.369 e. The van der Waals surface area contributed by atoms with Crippen molar-refractivity contribution in [3.8, 4) is 6.07 Å². The van der Waals surface area contributed by atoms with Crippen LogP contribution in [0.25, 0.3) is 0 Å². The van der Waals surface area contributed by atoms with E-state index in [9.17, 15) is 0 Å². The fourth-order valence-corrected chi connectivity index (χ4v) is 4.74. The van der Waals surface area contributed by atoms with E-state index in [2.05, 4.69) is 28.7 Å². The van der Waals surface area contributed by atoms with Gasteiger partial charge >= 0.3 is 0 Å². The summed E-state index contributed by atoms with van der Waals surface area (Å²) in [5.74, 6) is -0.518. The molecule has 5 atom stereocenters. The Kier molecular flexibility index (Phi) is 5.01. The van der Waals surface area contributed by atoms with Gasteiger partial charge in [-0.3, -0.25) is 0 Å². The smallest absolute Gasteiger partial charge is 0.163 e. The summed E-state index contributed by atoms with van der Waals surface area (Å²) < 4.78 is 25.3. The molecule has 0 amide bonds. The fraction of sp³-hybridized carbons (Fsp3) is 0.938. The van der Waals surface area contributed by atoms with Crippen LogP contribution in [-0.2, 0) is 18.9 Å². The highest BCUT2D eigenvalue weighted by Gasteiger charge is 2.55. The molecule has 3 fully saturated rings. The van der Waals surface area contributed by atoms with Crippen LogP contribution in [0.15, 0.2) is 0 Å². The molecule has 0 saturated carbocycles. The van der Waals surface area contributed by atoms with Gasteiger partial charge in [-0.25, -0.2) is 0 Å². The number of rotatable bonds is 4. The van der Waals surface area contributed by atoms with Crippen LogP contribution in [0.5, 0.6) is 0 Å². The predicted molar refractivity (Wildman–Crippen MR) is 88.8 cm³/mol. The number of hydrogen-bond acceptors (Lipinski definition) is 5. The number of nitrogens with zero attached hydrogens (tertiary/aromatic N) is 1. The molecule has 0 N–H and O–H groups in total. The van der Waals surface area contributed by atoms with Crippen LogP contribution in [0.1, 0.15) is 46.0 Å². The van der Waals surface area contributed by atoms with E-state index in [4.69, 9.17) is 24.2 Å². The van der Waals surface area contributed by atoms with Crippen LogP contribution in [0.2, 0.25) is 0 Å². The lowest BCUT2D eigenvalue weighted by Gasteiger charge is -2.41. The SMILES string of the molecule is CC1(C)OCC(C2C[C@]3(CI)OC(CCC#N)CC[C@@H]3O2)O1. The average molecular weight is 421 g/mol. The standard InChI is InChI=1S/C16H24INO4/c1-15(2)19-9-13(22-15)12-8-16(10-17)14(20-12)6-5-11(21-16)4-3-7-18/h11-14H,3-6,8-10H2,1-2H3/t11?,12?,13?,14-,16+/m0/s1. The van der Waals surface area contributed by atoms with Crippen molar-refractivity contribution < 1.29 is 18.9 Å². The first kappa shape index (κ1) is 16.9. The molecule has 3 aliphatic rings. The highest BCUT2D eigenvalue weighted by molar-refractivity contribution is 14.1. The van der Waals surface area contributed by atoms with E-state index < -0.39 is 5.79 Å². The molecule has 5 nitrogen and oxygen atoms in total. The van der Waals surface area contributed by atoms with E-state index in [-0.39, 0.29) is 30.0 Å². The summed E-state index contributed by atoms with van der Waals surface area (Å²) >= 11 is 2.40. The summed E-state index contributed by atoms with van der Waals surface area (Å²) in [6.07, 6.45) is 4.57. The summed E-state index contributed by atoms with van der Waals surface area (Å²) in [5, 5.41) is 8.78. The molecule has 0 aliphatic carbocycles. The van der Waals surface area contributed by atoms with Gasteiger partial charge in [0.1, 0.15) is 11.7 Å². The Balaban J connectivity index is 1.66. The average Bonchev–Trinajstić information content (AvgIpc) is 3.05. The van der Waals surface area contributed by atoms with Crippen LogP contribution in [0, 0.1) is 11.3 Å². The Morgan fingerprint density at radius 3 is 2.68 bits per heavy atom. The van der Waals surface area contributed by atoms with Crippen molar-refractivity contribution in [2.45, 2.75) is 81.8 Å². The zero-order valence-electron chi connectivity index (χ0n) is 13.2. The molecule has 0 bridgehead atoms. The Morgan fingerprint density at radius 2 is 2.05 bits per heavy atom. The van der Waals surface area contributed by atoms with Crippen molar-refractivity contribution in [3.63, 3.8) is 0 Å². The zero-order chi connectivity index (χ0) is 15.8. The molecule has 0 radical (unpaired) electrons. The molecule has 3 unspecified atom stereocenters. The number of ether oxygens (including phenoxy) is 4. The fourth-order valence-electron chi connectivity index (χ4n) is 3.76. The lowest BCUT2D eigenvalue weighted by molar-refractivity contribution is -0.166. The van der Waals surface area contributed by atoms with Crippen LogP contribution in [0.3, 0.4) is 0 Å². The topological polar surface area (TPSA) is 60.7 Å². The van der Waals surface area contributed by atoms with Crippen molar-refractivity contribution in [1.82, 2.24) is 0 Å². The maximum absolute atomic E-state index is 8.78. The second-order valence-electron chi connectivity index (χ2n) is 6.95. The summed E-state index contributed by atoms with van der Waals surface area (Å²) in [4.78, 5) is 0. The third kappa shape index (κ3) is 3.29. The van der Waals surface area contributed by atoms with Gasteiger partial charge in [-0.05, 0) is 33.1 Å². The molecular weight excluding hydrogens is 397 g/mol. The van der Waals surface area contributed by atoms with E-state index in [1.807, 2.05) is 13.8 Å². The lowest BCUT2D eigenvalue weighted by Crippen LogP contribution is -2.49. The minimum absolute atomic E-state index is 0.0124. The van der Waals surface area contributed by atoms with Crippen LogP contribution < -0.4 is 0 Å². The van der Waals surface area contributed by atoms with Gasteiger partial charge in [0, 0.05) is 17.3 Å². The lowest BCUT2D eigenvalue weighted by atomic mass is 9.87. The third-order valence-corrected chi connectivity index (χ3v) is 6.17. The van der Waals surface area contributed by atoms with E-state index >= 15 is 0 Å². The quantitative estimate of drug-likeness (QED) is 0.516.